The molecule has 0 saturated heterocycles. The topological polar surface area (TPSA) is 17.1 Å². The zero-order valence-electron chi connectivity index (χ0n) is 12.8. The van der Waals surface area contributed by atoms with Crippen LogP contribution in [0.5, 0.6) is 0 Å². The van der Waals surface area contributed by atoms with Crippen LogP contribution in [0.25, 0.3) is 0 Å². The third-order valence-electron chi connectivity index (χ3n) is 4.26. The van der Waals surface area contributed by atoms with Gasteiger partial charge in [0.25, 0.3) is 0 Å². The van der Waals surface area contributed by atoms with Gasteiger partial charge in [0.1, 0.15) is 5.78 Å². The van der Waals surface area contributed by atoms with Gasteiger partial charge in [-0.2, -0.15) is 0 Å². The van der Waals surface area contributed by atoms with E-state index in [9.17, 15) is 4.79 Å². The van der Waals surface area contributed by atoms with Crippen LogP contribution in [-0.2, 0) is 4.79 Å². The first-order chi connectivity index (χ1) is 9.34. The monoisotopic (exact) mass is 264 g/mol. The Balaban J connectivity index is 1.76. The van der Waals surface area contributed by atoms with Gasteiger partial charge < -0.3 is 0 Å². The van der Waals surface area contributed by atoms with Crippen molar-refractivity contribution in [1.29, 1.82) is 0 Å². The Hall–Kier alpha value is -0.590. The van der Waals surface area contributed by atoms with Crippen LogP contribution < -0.4 is 0 Å². The molecule has 0 aliphatic heterocycles. The lowest BCUT2D eigenvalue weighted by atomic mass is 9.80. The number of carbonyl (C=O) groups is 1. The molecule has 1 saturated carbocycles. The molecular formula is C18H32O. The highest BCUT2D eigenvalue weighted by Crippen LogP contribution is 2.27. The quantitative estimate of drug-likeness (QED) is 0.320. The summed E-state index contributed by atoms with van der Waals surface area (Å²) in [5, 5.41) is 0. The molecule has 0 bridgehead atoms. The Morgan fingerprint density at radius 3 is 2.16 bits per heavy atom. The molecule has 0 heterocycles. The highest BCUT2D eigenvalue weighted by atomic mass is 16.1. The second-order valence-corrected chi connectivity index (χ2v) is 6.01. The first kappa shape index (κ1) is 16.5. The van der Waals surface area contributed by atoms with Gasteiger partial charge in [0, 0.05) is 12.3 Å². The summed E-state index contributed by atoms with van der Waals surface area (Å²) in [5.41, 5.74) is 0. The molecule has 110 valence electrons. The van der Waals surface area contributed by atoms with E-state index >= 15 is 0 Å². The minimum absolute atomic E-state index is 0.437. The van der Waals surface area contributed by atoms with Crippen molar-refractivity contribution < 1.29 is 4.79 Å². The minimum Gasteiger partial charge on any atom is -0.299 e. The Morgan fingerprint density at radius 2 is 1.58 bits per heavy atom. The van der Waals surface area contributed by atoms with Crippen molar-refractivity contribution in [3.8, 4) is 0 Å². The summed E-state index contributed by atoms with van der Waals surface area (Å²) < 4.78 is 0. The molecular weight excluding hydrogens is 232 g/mol. The third-order valence-corrected chi connectivity index (χ3v) is 4.26. The normalized spacial score (nSPS) is 19.0. The third kappa shape index (κ3) is 8.23. The van der Waals surface area contributed by atoms with Crippen molar-refractivity contribution in [2.45, 2.75) is 90.4 Å². The van der Waals surface area contributed by atoms with Crippen molar-refractivity contribution in [1.82, 2.24) is 0 Å². The molecule has 0 aromatic rings. The van der Waals surface area contributed by atoms with Gasteiger partial charge >= 0.3 is 0 Å². The van der Waals surface area contributed by atoms with Crippen molar-refractivity contribution in [2.24, 2.45) is 5.92 Å². The predicted molar refractivity (Wildman–Crippen MR) is 83.3 cm³/mol. The average molecular weight is 264 g/mol. The van der Waals surface area contributed by atoms with E-state index < -0.39 is 0 Å². The summed E-state index contributed by atoms with van der Waals surface area (Å²) in [7, 11) is 0. The summed E-state index contributed by atoms with van der Waals surface area (Å²) in [5.74, 6) is 0.950. The first-order valence-corrected chi connectivity index (χ1v) is 8.52. The second kappa shape index (κ2) is 11.3. The van der Waals surface area contributed by atoms with Crippen LogP contribution in [0.4, 0.5) is 0 Å². The maximum absolute atomic E-state index is 11.1. The molecule has 0 aromatic carbocycles. The molecule has 0 spiro atoms. The fraction of sp³-hybridized carbons (Fsp3) is 0.833. The number of unbranched alkanes of at least 4 members (excludes halogenated alkanes) is 8. The molecule has 0 aromatic heterocycles. The Kier molecular flexibility index (Phi) is 9.75. The van der Waals surface area contributed by atoms with Crippen LogP contribution >= 0.6 is 0 Å². The van der Waals surface area contributed by atoms with E-state index in [4.69, 9.17) is 0 Å². The van der Waals surface area contributed by atoms with E-state index in [0.29, 0.717) is 11.7 Å². The van der Waals surface area contributed by atoms with Crippen molar-refractivity contribution >= 4 is 5.78 Å². The summed E-state index contributed by atoms with van der Waals surface area (Å²) in [6.07, 6.45) is 21.1. The van der Waals surface area contributed by atoms with E-state index in [0.717, 1.165) is 19.3 Å². The maximum atomic E-state index is 11.1. The van der Waals surface area contributed by atoms with E-state index in [1.165, 1.54) is 64.2 Å². The van der Waals surface area contributed by atoms with Crippen LogP contribution in [0.1, 0.15) is 90.4 Å². The molecule has 1 atom stereocenters. The van der Waals surface area contributed by atoms with Crippen LogP contribution in [0, 0.1) is 5.92 Å². The van der Waals surface area contributed by atoms with Gasteiger partial charge in [-0.05, 0) is 38.5 Å². The number of Topliss-reactive ketones (excluding diaryl/α,β-unsaturated/α-hetero) is 1. The highest BCUT2D eigenvalue weighted by molar-refractivity contribution is 5.86. The lowest BCUT2D eigenvalue weighted by molar-refractivity contribution is -0.129. The Labute approximate surface area is 119 Å². The molecule has 1 nitrogen and oxygen atoms in total. The van der Waals surface area contributed by atoms with Gasteiger partial charge in [0.15, 0.2) is 0 Å². The number of hydrogen-bond acceptors (Lipinski definition) is 1. The number of hydrogen-bond donors (Lipinski definition) is 0. The van der Waals surface area contributed by atoms with E-state index in [2.05, 4.69) is 19.1 Å². The minimum atomic E-state index is 0.437. The van der Waals surface area contributed by atoms with Gasteiger partial charge in [-0.1, -0.05) is 57.6 Å². The number of ketones is 1. The lowest BCUT2D eigenvalue weighted by Crippen LogP contribution is -2.25. The summed E-state index contributed by atoms with van der Waals surface area (Å²) >= 11 is 0. The van der Waals surface area contributed by atoms with Crippen molar-refractivity contribution in [2.75, 3.05) is 0 Å². The molecule has 1 heteroatoms. The number of carbonyl (C=O) groups excluding carboxylic acids is 1. The summed E-state index contributed by atoms with van der Waals surface area (Å²) in [6.45, 7) is 2.27. The maximum Gasteiger partial charge on any atom is 0.136 e. The Morgan fingerprint density at radius 1 is 0.947 bits per heavy atom. The van der Waals surface area contributed by atoms with Crippen LogP contribution in [-0.4, -0.2) is 5.78 Å². The van der Waals surface area contributed by atoms with Gasteiger partial charge in [-0.25, -0.2) is 0 Å². The number of rotatable bonds is 12. The summed E-state index contributed by atoms with van der Waals surface area (Å²) in [4.78, 5) is 11.1. The molecule has 19 heavy (non-hydrogen) atoms. The highest BCUT2D eigenvalue weighted by Gasteiger charge is 2.26. The lowest BCUT2D eigenvalue weighted by Gasteiger charge is -2.23. The van der Waals surface area contributed by atoms with E-state index in [1.54, 1.807) is 0 Å². The van der Waals surface area contributed by atoms with Crippen LogP contribution in [0.2, 0.25) is 0 Å². The standard InChI is InChI=1S/C18H32O/c1-2-3-4-5-6-7-8-9-10-11-12-13-14-17-15-16-18(17)19/h9-10,17H,2-8,11-16H2,1H3/b10-9+/t17-/m1/s1. The molecule has 1 aliphatic rings. The molecule has 0 unspecified atom stereocenters. The number of allylic oxidation sites excluding steroid dienone is 2. The van der Waals surface area contributed by atoms with E-state index in [1.807, 2.05) is 0 Å². The zero-order chi connectivity index (χ0) is 13.8. The van der Waals surface area contributed by atoms with Crippen molar-refractivity contribution in [3.05, 3.63) is 12.2 Å². The van der Waals surface area contributed by atoms with Crippen LogP contribution in [0.15, 0.2) is 12.2 Å². The van der Waals surface area contributed by atoms with Gasteiger partial charge in [0.05, 0.1) is 0 Å². The molecule has 0 radical (unpaired) electrons. The average Bonchev–Trinajstić information content (AvgIpc) is 2.42. The molecule has 0 amide bonds. The van der Waals surface area contributed by atoms with Gasteiger partial charge in [-0.15, -0.1) is 0 Å². The van der Waals surface area contributed by atoms with Crippen LogP contribution in [0.3, 0.4) is 0 Å². The molecule has 0 N–H and O–H groups in total. The molecule has 1 fully saturated rings. The predicted octanol–water partition coefficient (Wildman–Crippen LogP) is 5.83. The zero-order valence-corrected chi connectivity index (χ0v) is 12.8. The van der Waals surface area contributed by atoms with Gasteiger partial charge in [0.2, 0.25) is 0 Å². The fourth-order valence-corrected chi connectivity index (χ4v) is 2.70. The Bertz CT molecular complexity index is 254. The largest absolute Gasteiger partial charge is 0.299 e. The van der Waals surface area contributed by atoms with E-state index in [-0.39, 0.29) is 0 Å². The second-order valence-electron chi connectivity index (χ2n) is 6.01. The smallest absolute Gasteiger partial charge is 0.136 e. The summed E-state index contributed by atoms with van der Waals surface area (Å²) in [6, 6.07) is 0. The molecule has 1 aliphatic carbocycles. The SMILES string of the molecule is CCCCCCCC/C=C/CCCC[C@@H]1CCC1=O. The molecule has 1 rings (SSSR count). The first-order valence-electron chi connectivity index (χ1n) is 8.52. The van der Waals surface area contributed by atoms with Crippen molar-refractivity contribution in [3.63, 3.8) is 0 Å². The fourth-order valence-electron chi connectivity index (χ4n) is 2.70. The van der Waals surface area contributed by atoms with Gasteiger partial charge in [-0.3, -0.25) is 4.79 Å².